The van der Waals surface area contributed by atoms with Crippen molar-refractivity contribution in [3.05, 3.63) is 0 Å². The molecule has 0 saturated carbocycles. The normalized spacial score (nSPS) is 16.7. The Balaban J connectivity index is -0.000000176. The number of likely N-dealkylation sites (N-methyl/N-ethyl adjacent to an activating group) is 2. The molecule has 0 aromatic heterocycles. The Morgan fingerprint density at radius 2 is 0.929 bits per heavy atom. The third kappa shape index (κ3) is 15.1. The molecule has 1 heterocycles. The molecule has 0 radical (unpaired) electrons. The SMILES string of the molecule is CC.CCC.CN1CCN(C)CC1.[W]. The van der Waals surface area contributed by atoms with E-state index in [-0.39, 0.29) is 21.1 Å². The van der Waals surface area contributed by atoms with Gasteiger partial charge in [-0.05, 0) is 14.1 Å². The molecule has 2 nitrogen and oxygen atoms in total. The zero-order valence-electron chi connectivity index (χ0n) is 10.8. The van der Waals surface area contributed by atoms with E-state index in [9.17, 15) is 0 Å². The summed E-state index contributed by atoms with van der Waals surface area (Å²) in [5.74, 6) is 0. The largest absolute Gasteiger partial charge is 0.304 e. The van der Waals surface area contributed by atoms with Gasteiger partial charge in [0.25, 0.3) is 0 Å². The molecule has 14 heavy (non-hydrogen) atoms. The predicted molar refractivity (Wildman–Crippen MR) is 62.3 cm³/mol. The summed E-state index contributed by atoms with van der Waals surface area (Å²) in [6, 6.07) is 0. The Kier molecular flexibility index (Phi) is 23.0. The molecule has 0 aromatic carbocycles. The minimum atomic E-state index is 0. The fourth-order valence-electron chi connectivity index (χ4n) is 0.906. The maximum absolute atomic E-state index is 2.36. The van der Waals surface area contributed by atoms with Gasteiger partial charge in [0.05, 0.1) is 0 Å². The van der Waals surface area contributed by atoms with E-state index in [2.05, 4.69) is 37.7 Å². The van der Waals surface area contributed by atoms with Crippen LogP contribution in [0.25, 0.3) is 0 Å². The first-order valence-electron chi connectivity index (χ1n) is 5.57. The van der Waals surface area contributed by atoms with Crippen LogP contribution in [-0.4, -0.2) is 50.1 Å². The fraction of sp³-hybridized carbons (Fsp3) is 1.00. The van der Waals surface area contributed by atoms with Gasteiger partial charge in [-0.25, -0.2) is 0 Å². The molecule has 88 valence electrons. The molecule has 0 aromatic rings. The number of hydrogen-bond acceptors (Lipinski definition) is 2. The topological polar surface area (TPSA) is 6.48 Å². The van der Waals surface area contributed by atoms with E-state index in [1.165, 1.54) is 32.6 Å². The first-order valence-corrected chi connectivity index (χ1v) is 5.57. The van der Waals surface area contributed by atoms with Crippen molar-refractivity contribution < 1.29 is 21.1 Å². The molecule has 0 atom stereocenters. The number of piperazine rings is 1. The van der Waals surface area contributed by atoms with Crippen molar-refractivity contribution in [3.8, 4) is 0 Å². The first-order chi connectivity index (χ1) is 6.20. The summed E-state index contributed by atoms with van der Waals surface area (Å²) in [4.78, 5) is 4.72. The molecular formula is C11H28N2W. The monoisotopic (exact) mass is 372 g/mol. The molecule has 0 aliphatic carbocycles. The maximum Gasteiger partial charge on any atom is 0.0107 e. The van der Waals surface area contributed by atoms with Gasteiger partial charge in [-0.3, -0.25) is 0 Å². The third-order valence-electron chi connectivity index (χ3n) is 1.73. The van der Waals surface area contributed by atoms with Crippen LogP contribution in [0.3, 0.4) is 0 Å². The fourth-order valence-corrected chi connectivity index (χ4v) is 0.906. The zero-order chi connectivity index (χ0) is 10.7. The van der Waals surface area contributed by atoms with Gasteiger partial charge in [-0.15, -0.1) is 0 Å². The van der Waals surface area contributed by atoms with E-state index in [4.69, 9.17) is 0 Å². The van der Waals surface area contributed by atoms with Gasteiger partial charge in [0.2, 0.25) is 0 Å². The van der Waals surface area contributed by atoms with E-state index >= 15 is 0 Å². The number of nitrogens with zero attached hydrogens (tertiary/aromatic N) is 2. The van der Waals surface area contributed by atoms with Crippen molar-refractivity contribution in [3.63, 3.8) is 0 Å². The summed E-state index contributed by atoms with van der Waals surface area (Å²) in [6.45, 7) is 13.2. The second-order valence-electron chi connectivity index (χ2n) is 3.31. The van der Waals surface area contributed by atoms with Crippen molar-refractivity contribution in [2.75, 3.05) is 40.3 Å². The molecular weight excluding hydrogens is 344 g/mol. The Morgan fingerprint density at radius 1 is 0.786 bits per heavy atom. The van der Waals surface area contributed by atoms with Gasteiger partial charge in [0.1, 0.15) is 0 Å². The molecule has 0 bridgehead atoms. The van der Waals surface area contributed by atoms with Crippen LogP contribution < -0.4 is 0 Å². The summed E-state index contributed by atoms with van der Waals surface area (Å²) < 4.78 is 0. The van der Waals surface area contributed by atoms with Crippen LogP contribution >= 0.6 is 0 Å². The van der Waals surface area contributed by atoms with Crippen LogP contribution in [0.2, 0.25) is 0 Å². The minimum Gasteiger partial charge on any atom is -0.304 e. The Labute approximate surface area is 105 Å². The summed E-state index contributed by atoms with van der Waals surface area (Å²) in [5, 5.41) is 0. The van der Waals surface area contributed by atoms with Crippen LogP contribution in [-0.2, 0) is 21.1 Å². The van der Waals surface area contributed by atoms with Gasteiger partial charge in [0.15, 0.2) is 0 Å². The summed E-state index contributed by atoms with van der Waals surface area (Å²) in [6.07, 6.45) is 1.25. The number of rotatable bonds is 0. The van der Waals surface area contributed by atoms with Crippen LogP contribution in [0, 0.1) is 0 Å². The molecule has 1 aliphatic heterocycles. The average Bonchev–Trinajstić information content (AvgIpc) is 2.15. The van der Waals surface area contributed by atoms with Crippen molar-refractivity contribution in [1.82, 2.24) is 9.80 Å². The molecule has 1 fully saturated rings. The van der Waals surface area contributed by atoms with Gasteiger partial charge in [-0.2, -0.15) is 0 Å². The zero-order valence-corrected chi connectivity index (χ0v) is 13.8. The molecule has 0 unspecified atom stereocenters. The Morgan fingerprint density at radius 3 is 1.07 bits per heavy atom. The van der Waals surface area contributed by atoms with Crippen molar-refractivity contribution in [2.24, 2.45) is 0 Å². The molecule has 0 N–H and O–H groups in total. The van der Waals surface area contributed by atoms with E-state index in [0.29, 0.717) is 0 Å². The summed E-state index contributed by atoms with van der Waals surface area (Å²) in [5.41, 5.74) is 0. The Hall–Kier alpha value is 0.608. The quantitative estimate of drug-likeness (QED) is 0.644. The van der Waals surface area contributed by atoms with Crippen LogP contribution in [0.1, 0.15) is 34.1 Å². The second kappa shape index (κ2) is 16.1. The standard InChI is InChI=1S/C6H14N2.C3H8.C2H6.W/c1-7-3-5-8(2)6-4-7;1-3-2;1-2;/h3-6H2,1-2H3;3H2,1-2H3;1-2H3;. The summed E-state index contributed by atoms with van der Waals surface area (Å²) in [7, 11) is 4.35. The maximum atomic E-state index is 2.36. The van der Waals surface area contributed by atoms with Crippen LogP contribution in [0.4, 0.5) is 0 Å². The van der Waals surface area contributed by atoms with Crippen molar-refractivity contribution >= 4 is 0 Å². The molecule has 1 saturated heterocycles. The molecule has 1 aliphatic rings. The van der Waals surface area contributed by atoms with E-state index in [0.717, 1.165) is 0 Å². The first kappa shape index (κ1) is 20.1. The minimum absolute atomic E-state index is 0. The van der Waals surface area contributed by atoms with Crippen molar-refractivity contribution in [2.45, 2.75) is 34.1 Å². The molecule has 3 heteroatoms. The van der Waals surface area contributed by atoms with Gasteiger partial charge in [0, 0.05) is 47.2 Å². The van der Waals surface area contributed by atoms with Crippen LogP contribution in [0.15, 0.2) is 0 Å². The second-order valence-corrected chi connectivity index (χ2v) is 3.31. The van der Waals surface area contributed by atoms with E-state index in [1.807, 2.05) is 13.8 Å². The predicted octanol–water partition coefficient (Wildman–Crippen LogP) is 2.30. The van der Waals surface area contributed by atoms with Gasteiger partial charge in [-0.1, -0.05) is 34.1 Å². The van der Waals surface area contributed by atoms with Gasteiger partial charge < -0.3 is 9.80 Å². The van der Waals surface area contributed by atoms with Crippen molar-refractivity contribution in [1.29, 1.82) is 0 Å². The number of hydrogen-bond donors (Lipinski definition) is 0. The average molecular weight is 372 g/mol. The van der Waals surface area contributed by atoms with Gasteiger partial charge >= 0.3 is 0 Å². The molecule has 1 rings (SSSR count). The smallest absolute Gasteiger partial charge is 0.0107 e. The molecule has 0 spiro atoms. The molecule has 0 amide bonds. The summed E-state index contributed by atoms with van der Waals surface area (Å²) >= 11 is 0. The Bertz CT molecular complexity index is 71.4. The van der Waals surface area contributed by atoms with E-state index in [1.54, 1.807) is 0 Å². The third-order valence-corrected chi connectivity index (χ3v) is 1.73. The van der Waals surface area contributed by atoms with Crippen LogP contribution in [0.5, 0.6) is 0 Å². The van der Waals surface area contributed by atoms with E-state index < -0.39 is 0 Å².